The molecule has 5 nitrogen and oxygen atoms in total. The van der Waals surface area contributed by atoms with E-state index in [-0.39, 0.29) is 0 Å². The van der Waals surface area contributed by atoms with Crippen LogP contribution in [0.25, 0.3) is 11.1 Å². The zero-order chi connectivity index (χ0) is 11.7. The van der Waals surface area contributed by atoms with Crippen molar-refractivity contribution in [2.75, 3.05) is 7.05 Å². The summed E-state index contributed by atoms with van der Waals surface area (Å²) in [6.45, 7) is 1.78. The molecule has 0 aliphatic rings. The number of carbonyl (C=O) groups excluding carboxylic acids is 1. The van der Waals surface area contributed by atoms with Crippen LogP contribution in [0.5, 0.6) is 0 Å². The Balaban J connectivity index is 2.48. The number of hydrogen-bond donors (Lipinski definition) is 2. The van der Waals surface area contributed by atoms with Crippen molar-refractivity contribution >= 4 is 17.0 Å². The largest absolute Gasteiger partial charge is 0.441 e. The molecule has 1 aromatic carbocycles. The van der Waals surface area contributed by atoms with Crippen molar-refractivity contribution in [3.8, 4) is 0 Å². The molecule has 0 saturated carbocycles. The lowest BCUT2D eigenvalue weighted by molar-refractivity contribution is -0.120. The second kappa shape index (κ2) is 3.94. The Kier molecular flexibility index (Phi) is 2.62. The van der Waals surface area contributed by atoms with Gasteiger partial charge in [0.1, 0.15) is 11.6 Å². The smallest absolute Gasteiger partial charge is 0.239 e. The standard InChI is InChI=1S/C11H13N3O2/c1-6-14-8-5-7(3-4-9(8)16-6)10(13-2)11(12)15/h3-5,10,13H,1-2H3,(H2,12,15). The predicted molar refractivity (Wildman–Crippen MR) is 59.7 cm³/mol. The van der Waals surface area contributed by atoms with E-state index in [4.69, 9.17) is 10.2 Å². The van der Waals surface area contributed by atoms with Crippen LogP contribution in [-0.4, -0.2) is 17.9 Å². The Morgan fingerprint density at radius 2 is 2.31 bits per heavy atom. The molecule has 1 aromatic heterocycles. The molecule has 2 rings (SSSR count). The maximum Gasteiger partial charge on any atom is 0.239 e. The van der Waals surface area contributed by atoms with Crippen molar-refractivity contribution in [1.29, 1.82) is 0 Å². The molecular weight excluding hydrogens is 206 g/mol. The van der Waals surface area contributed by atoms with E-state index in [2.05, 4.69) is 10.3 Å². The van der Waals surface area contributed by atoms with Gasteiger partial charge in [-0.25, -0.2) is 4.98 Å². The van der Waals surface area contributed by atoms with E-state index in [9.17, 15) is 4.79 Å². The molecule has 1 heterocycles. The maximum absolute atomic E-state index is 11.2. The number of carbonyl (C=O) groups is 1. The fourth-order valence-electron chi connectivity index (χ4n) is 1.71. The van der Waals surface area contributed by atoms with Crippen LogP contribution in [0.1, 0.15) is 17.5 Å². The third-order valence-electron chi connectivity index (χ3n) is 2.43. The molecular formula is C11H13N3O2. The summed E-state index contributed by atoms with van der Waals surface area (Å²) >= 11 is 0. The van der Waals surface area contributed by atoms with Crippen LogP contribution < -0.4 is 11.1 Å². The number of benzene rings is 1. The van der Waals surface area contributed by atoms with Gasteiger partial charge < -0.3 is 15.5 Å². The van der Waals surface area contributed by atoms with Gasteiger partial charge in [0.05, 0.1) is 0 Å². The Morgan fingerprint density at radius 3 is 2.94 bits per heavy atom. The molecule has 0 aliphatic heterocycles. The number of aryl methyl sites for hydroxylation is 1. The van der Waals surface area contributed by atoms with Crippen LogP contribution in [-0.2, 0) is 4.79 Å². The Bertz CT molecular complexity index is 533. The fourth-order valence-corrected chi connectivity index (χ4v) is 1.71. The normalized spacial score (nSPS) is 12.9. The number of nitrogens with two attached hydrogens (primary N) is 1. The number of primary amides is 1. The van der Waals surface area contributed by atoms with E-state index >= 15 is 0 Å². The summed E-state index contributed by atoms with van der Waals surface area (Å²) < 4.78 is 5.35. The highest BCUT2D eigenvalue weighted by molar-refractivity contribution is 5.83. The summed E-state index contributed by atoms with van der Waals surface area (Å²) in [6, 6.07) is 4.90. The molecule has 0 aliphatic carbocycles. The number of fused-ring (bicyclic) bond motifs is 1. The first kappa shape index (κ1) is 10.6. The summed E-state index contributed by atoms with van der Waals surface area (Å²) in [5, 5.41) is 2.86. The highest BCUT2D eigenvalue weighted by atomic mass is 16.3. The summed E-state index contributed by atoms with van der Waals surface area (Å²) in [6.07, 6.45) is 0. The van der Waals surface area contributed by atoms with Crippen molar-refractivity contribution in [3.05, 3.63) is 29.7 Å². The molecule has 1 amide bonds. The Labute approximate surface area is 92.6 Å². The van der Waals surface area contributed by atoms with Crippen LogP contribution in [0.15, 0.2) is 22.6 Å². The average Bonchev–Trinajstić information content (AvgIpc) is 2.57. The number of hydrogen-bond acceptors (Lipinski definition) is 4. The Morgan fingerprint density at radius 1 is 1.56 bits per heavy atom. The van der Waals surface area contributed by atoms with E-state index < -0.39 is 11.9 Å². The lowest BCUT2D eigenvalue weighted by Crippen LogP contribution is -2.31. The number of amides is 1. The van der Waals surface area contributed by atoms with Gasteiger partial charge in [0.15, 0.2) is 11.5 Å². The monoisotopic (exact) mass is 219 g/mol. The lowest BCUT2D eigenvalue weighted by atomic mass is 10.1. The van der Waals surface area contributed by atoms with Gasteiger partial charge in [-0.05, 0) is 24.7 Å². The lowest BCUT2D eigenvalue weighted by Gasteiger charge is -2.11. The molecule has 2 aromatic rings. The Hall–Kier alpha value is -1.88. The zero-order valence-electron chi connectivity index (χ0n) is 9.15. The summed E-state index contributed by atoms with van der Waals surface area (Å²) in [4.78, 5) is 15.4. The van der Waals surface area contributed by atoms with Gasteiger partial charge >= 0.3 is 0 Å². The van der Waals surface area contributed by atoms with Crippen molar-refractivity contribution in [1.82, 2.24) is 10.3 Å². The minimum absolute atomic E-state index is 0.415. The average molecular weight is 219 g/mol. The van der Waals surface area contributed by atoms with E-state index in [1.807, 2.05) is 0 Å². The quantitative estimate of drug-likeness (QED) is 0.803. The van der Waals surface area contributed by atoms with E-state index in [1.54, 1.807) is 32.2 Å². The zero-order valence-corrected chi connectivity index (χ0v) is 9.15. The molecule has 0 spiro atoms. The molecule has 5 heteroatoms. The van der Waals surface area contributed by atoms with Crippen molar-refractivity contribution < 1.29 is 9.21 Å². The molecule has 1 atom stereocenters. The van der Waals surface area contributed by atoms with Gasteiger partial charge in [0.2, 0.25) is 5.91 Å². The van der Waals surface area contributed by atoms with Crippen molar-refractivity contribution in [3.63, 3.8) is 0 Å². The number of nitrogens with one attached hydrogen (secondary N) is 1. The summed E-state index contributed by atoms with van der Waals surface area (Å²) in [5.41, 5.74) is 7.51. The number of likely N-dealkylation sites (N-methyl/N-ethyl adjacent to an activating group) is 1. The third kappa shape index (κ3) is 1.77. The van der Waals surface area contributed by atoms with Crippen molar-refractivity contribution in [2.24, 2.45) is 5.73 Å². The highest BCUT2D eigenvalue weighted by Crippen LogP contribution is 2.20. The summed E-state index contributed by atoms with van der Waals surface area (Å²) in [7, 11) is 1.69. The van der Waals surface area contributed by atoms with Gasteiger partial charge in [0, 0.05) is 6.92 Å². The van der Waals surface area contributed by atoms with Crippen LogP contribution in [0.2, 0.25) is 0 Å². The SMILES string of the molecule is CNC(C(N)=O)c1ccc2oc(C)nc2c1. The van der Waals surface area contributed by atoms with Crippen molar-refractivity contribution in [2.45, 2.75) is 13.0 Å². The second-order valence-electron chi connectivity index (χ2n) is 3.58. The van der Waals surface area contributed by atoms with E-state index in [1.165, 1.54) is 0 Å². The highest BCUT2D eigenvalue weighted by Gasteiger charge is 2.16. The molecule has 1 unspecified atom stereocenters. The minimum Gasteiger partial charge on any atom is -0.441 e. The van der Waals surface area contributed by atoms with Crippen LogP contribution in [0, 0.1) is 6.92 Å². The first-order valence-electron chi connectivity index (χ1n) is 4.95. The third-order valence-corrected chi connectivity index (χ3v) is 2.43. The minimum atomic E-state index is -0.499. The number of oxazole rings is 1. The molecule has 0 fully saturated rings. The molecule has 0 radical (unpaired) electrons. The van der Waals surface area contributed by atoms with Crippen LogP contribution in [0.3, 0.4) is 0 Å². The van der Waals surface area contributed by atoms with Gasteiger partial charge in [-0.2, -0.15) is 0 Å². The van der Waals surface area contributed by atoms with Gasteiger partial charge in [-0.15, -0.1) is 0 Å². The number of nitrogens with zero attached hydrogens (tertiary/aromatic N) is 1. The van der Waals surface area contributed by atoms with E-state index in [0.29, 0.717) is 11.5 Å². The number of rotatable bonds is 3. The van der Waals surface area contributed by atoms with Crippen LogP contribution >= 0.6 is 0 Å². The van der Waals surface area contributed by atoms with Gasteiger partial charge in [-0.3, -0.25) is 4.79 Å². The van der Waals surface area contributed by atoms with Crippen LogP contribution in [0.4, 0.5) is 0 Å². The number of aromatic nitrogens is 1. The second-order valence-corrected chi connectivity index (χ2v) is 3.58. The van der Waals surface area contributed by atoms with E-state index in [0.717, 1.165) is 11.1 Å². The topological polar surface area (TPSA) is 81.1 Å². The summed E-state index contributed by atoms with van der Waals surface area (Å²) in [5.74, 6) is 0.189. The molecule has 3 N–H and O–H groups in total. The maximum atomic E-state index is 11.2. The molecule has 84 valence electrons. The first-order valence-corrected chi connectivity index (χ1v) is 4.95. The van der Waals surface area contributed by atoms with Gasteiger partial charge in [0.25, 0.3) is 0 Å². The molecule has 0 saturated heterocycles. The first-order chi connectivity index (χ1) is 7.61. The predicted octanol–water partition coefficient (Wildman–Crippen LogP) is 0.882. The van der Waals surface area contributed by atoms with Gasteiger partial charge in [-0.1, -0.05) is 6.07 Å². The molecule has 16 heavy (non-hydrogen) atoms. The molecule has 0 bridgehead atoms. The fraction of sp³-hybridized carbons (Fsp3) is 0.273.